The van der Waals surface area contributed by atoms with E-state index < -0.39 is 48.5 Å². The number of anilines is 1. The Labute approximate surface area is 217 Å². The summed E-state index contributed by atoms with van der Waals surface area (Å²) in [4.78, 5) is 45.2. The van der Waals surface area contributed by atoms with Crippen LogP contribution in [0.4, 0.5) is 27.6 Å². The van der Waals surface area contributed by atoms with Crippen LogP contribution < -0.4 is 16.5 Å². The van der Waals surface area contributed by atoms with E-state index in [4.69, 9.17) is 5.73 Å². The van der Waals surface area contributed by atoms with Crippen molar-refractivity contribution in [2.45, 2.75) is 39.4 Å². The number of pyridine rings is 1. The first-order valence-corrected chi connectivity index (χ1v) is 11.4. The molecule has 0 bridgehead atoms. The minimum Gasteiger partial charge on any atom is -0.327 e. The SMILES string of the molecule is Cc1cc(-n2cnn(CC(CN)=C(F)F)c2=O)cnc1-c1cc(C)c2c(c1)CCC(=O)N2OC(=O)C(F)(F)F. The van der Waals surface area contributed by atoms with Gasteiger partial charge in [0.15, 0.2) is 0 Å². The highest BCUT2D eigenvalue weighted by Crippen LogP contribution is 2.37. The van der Waals surface area contributed by atoms with Crippen molar-refractivity contribution in [2.24, 2.45) is 5.73 Å². The summed E-state index contributed by atoms with van der Waals surface area (Å²) in [6.45, 7) is 2.36. The molecule has 1 aromatic carbocycles. The summed E-state index contributed by atoms with van der Waals surface area (Å²) < 4.78 is 66.1. The Morgan fingerprint density at radius 2 is 1.82 bits per heavy atom. The van der Waals surface area contributed by atoms with Gasteiger partial charge in [-0.3, -0.25) is 9.78 Å². The van der Waals surface area contributed by atoms with Crippen LogP contribution in [0.3, 0.4) is 0 Å². The summed E-state index contributed by atoms with van der Waals surface area (Å²) in [6.07, 6.45) is -4.69. The molecule has 15 heteroatoms. The molecule has 1 aliphatic rings. The first-order valence-electron chi connectivity index (χ1n) is 11.4. The van der Waals surface area contributed by atoms with E-state index >= 15 is 0 Å². The number of nitrogens with two attached hydrogens (primary N) is 1. The zero-order chi connectivity index (χ0) is 28.6. The number of aromatic nitrogens is 4. The molecule has 0 fully saturated rings. The van der Waals surface area contributed by atoms with E-state index in [-0.39, 0.29) is 18.5 Å². The molecular formula is C24H21F5N6O4. The lowest BCUT2D eigenvalue weighted by Gasteiger charge is -2.29. The summed E-state index contributed by atoms with van der Waals surface area (Å²) in [5.74, 6) is -3.30. The van der Waals surface area contributed by atoms with Gasteiger partial charge in [-0.1, -0.05) is 0 Å². The number of benzene rings is 1. The summed E-state index contributed by atoms with van der Waals surface area (Å²) in [6, 6.07) is 4.84. The summed E-state index contributed by atoms with van der Waals surface area (Å²) in [7, 11) is 0. The number of aryl methyl sites for hydroxylation is 3. The molecule has 0 saturated heterocycles. The van der Waals surface area contributed by atoms with Gasteiger partial charge in [0, 0.05) is 24.1 Å². The fraction of sp³-hybridized carbons (Fsp3) is 0.292. The molecular weight excluding hydrogens is 531 g/mol. The number of nitrogens with zero attached hydrogens (tertiary/aromatic N) is 5. The van der Waals surface area contributed by atoms with Crippen molar-refractivity contribution in [1.29, 1.82) is 0 Å². The lowest BCUT2D eigenvalue weighted by atomic mass is 9.94. The highest BCUT2D eigenvalue weighted by molar-refractivity contribution is 5.98. The van der Waals surface area contributed by atoms with Gasteiger partial charge in [0.1, 0.15) is 6.33 Å². The van der Waals surface area contributed by atoms with Crippen molar-refractivity contribution in [3.63, 3.8) is 0 Å². The van der Waals surface area contributed by atoms with Gasteiger partial charge in [-0.2, -0.15) is 27.1 Å². The van der Waals surface area contributed by atoms with Crippen LogP contribution in [0.2, 0.25) is 0 Å². The van der Waals surface area contributed by atoms with Gasteiger partial charge in [0.2, 0.25) is 0 Å². The normalized spacial score (nSPS) is 13.3. The monoisotopic (exact) mass is 552 g/mol. The van der Waals surface area contributed by atoms with Crippen molar-refractivity contribution in [1.82, 2.24) is 19.3 Å². The lowest BCUT2D eigenvalue weighted by Crippen LogP contribution is -2.41. The summed E-state index contributed by atoms with van der Waals surface area (Å²) in [5.41, 5.74) is 7.08. The van der Waals surface area contributed by atoms with Crippen LogP contribution in [0.5, 0.6) is 0 Å². The van der Waals surface area contributed by atoms with Crippen molar-refractivity contribution in [3.05, 3.63) is 69.6 Å². The van der Waals surface area contributed by atoms with Gasteiger partial charge in [0.25, 0.3) is 12.0 Å². The fourth-order valence-electron chi connectivity index (χ4n) is 4.17. The van der Waals surface area contributed by atoms with E-state index in [1.165, 1.54) is 12.5 Å². The molecule has 0 saturated carbocycles. The van der Waals surface area contributed by atoms with Crippen LogP contribution in [-0.4, -0.2) is 43.9 Å². The summed E-state index contributed by atoms with van der Waals surface area (Å²) >= 11 is 0. The number of carbonyl (C=O) groups is 2. The third-order valence-corrected chi connectivity index (χ3v) is 6.03. The molecule has 10 nitrogen and oxygen atoms in total. The van der Waals surface area contributed by atoms with E-state index in [9.17, 15) is 36.3 Å². The predicted octanol–water partition coefficient (Wildman–Crippen LogP) is 3.12. The number of halogens is 5. The van der Waals surface area contributed by atoms with Gasteiger partial charge in [0.05, 0.1) is 29.8 Å². The maximum atomic E-state index is 12.9. The van der Waals surface area contributed by atoms with E-state index in [1.807, 2.05) is 0 Å². The summed E-state index contributed by atoms with van der Waals surface area (Å²) in [5, 5.41) is 4.24. The molecule has 0 spiro atoms. The second-order valence-corrected chi connectivity index (χ2v) is 8.73. The fourth-order valence-corrected chi connectivity index (χ4v) is 4.17. The van der Waals surface area contributed by atoms with Crippen molar-refractivity contribution < 1.29 is 36.4 Å². The smallest absolute Gasteiger partial charge is 0.327 e. The third kappa shape index (κ3) is 5.43. The Hall–Kier alpha value is -4.40. The Morgan fingerprint density at radius 3 is 2.44 bits per heavy atom. The number of alkyl halides is 3. The first kappa shape index (κ1) is 27.6. The van der Waals surface area contributed by atoms with E-state index in [0.717, 1.165) is 9.25 Å². The van der Waals surface area contributed by atoms with Crippen LogP contribution in [0.1, 0.15) is 23.1 Å². The van der Waals surface area contributed by atoms with Crippen LogP contribution in [0, 0.1) is 13.8 Å². The van der Waals surface area contributed by atoms with E-state index in [2.05, 4.69) is 14.9 Å². The molecule has 3 heterocycles. The van der Waals surface area contributed by atoms with Gasteiger partial charge < -0.3 is 10.6 Å². The Kier molecular flexibility index (Phi) is 7.37. The molecule has 3 aromatic rings. The minimum atomic E-state index is -5.28. The molecule has 0 radical (unpaired) electrons. The molecule has 1 amide bonds. The number of carbonyl (C=O) groups excluding carboxylic acids is 2. The predicted molar refractivity (Wildman–Crippen MR) is 127 cm³/mol. The zero-order valence-corrected chi connectivity index (χ0v) is 20.6. The van der Waals surface area contributed by atoms with Crippen LogP contribution in [0.15, 0.2) is 47.2 Å². The quantitative estimate of drug-likeness (QED) is 0.466. The Balaban J connectivity index is 1.66. The van der Waals surface area contributed by atoms with E-state index in [1.54, 1.807) is 32.0 Å². The van der Waals surface area contributed by atoms with Crippen molar-refractivity contribution in [3.8, 4) is 16.9 Å². The number of hydrogen-bond acceptors (Lipinski definition) is 7. The molecule has 1 aliphatic heterocycles. The minimum absolute atomic E-state index is 0.0523. The number of hydrogen-bond donors (Lipinski definition) is 1. The molecule has 0 atom stereocenters. The topological polar surface area (TPSA) is 125 Å². The second kappa shape index (κ2) is 10.4. The van der Waals surface area contributed by atoms with Gasteiger partial charge in [-0.05, 0) is 55.2 Å². The molecule has 39 heavy (non-hydrogen) atoms. The zero-order valence-electron chi connectivity index (χ0n) is 20.6. The molecule has 4 rings (SSSR count). The van der Waals surface area contributed by atoms with Crippen molar-refractivity contribution in [2.75, 3.05) is 11.6 Å². The number of amides is 1. The molecule has 206 valence electrons. The van der Waals surface area contributed by atoms with Crippen LogP contribution >= 0.6 is 0 Å². The highest BCUT2D eigenvalue weighted by Gasteiger charge is 2.44. The maximum absolute atomic E-state index is 12.9. The largest absolute Gasteiger partial charge is 0.493 e. The Bertz CT molecular complexity index is 1560. The second-order valence-electron chi connectivity index (χ2n) is 8.73. The number of hydroxylamine groups is 1. The standard InChI is InChI=1S/C24H21F5N6O4/c1-12-6-17(33-11-32-34(23(33)38)10-16(8-30)21(25)26)9-31-19(12)15-5-13(2)20-14(7-15)3-4-18(36)35(20)39-22(37)24(27,28)29/h5-7,9,11H,3-4,8,10,30H2,1-2H3. The lowest BCUT2D eigenvalue weighted by molar-refractivity contribution is -0.201. The highest BCUT2D eigenvalue weighted by atomic mass is 19.4. The molecule has 0 aliphatic carbocycles. The number of fused-ring (bicyclic) bond motifs is 1. The van der Waals surface area contributed by atoms with Gasteiger partial charge in [-0.15, -0.1) is 5.06 Å². The van der Waals surface area contributed by atoms with E-state index in [0.29, 0.717) is 38.7 Å². The maximum Gasteiger partial charge on any atom is 0.493 e. The van der Waals surface area contributed by atoms with Crippen LogP contribution in [-0.2, 0) is 27.4 Å². The third-order valence-electron chi connectivity index (χ3n) is 6.03. The average Bonchev–Trinajstić information content (AvgIpc) is 3.22. The average molecular weight is 552 g/mol. The van der Waals surface area contributed by atoms with Crippen LogP contribution in [0.25, 0.3) is 16.9 Å². The first-order chi connectivity index (χ1) is 18.3. The molecule has 2 N–H and O–H groups in total. The van der Waals surface area contributed by atoms with Gasteiger partial charge >= 0.3 is 17.8 Å². The molecule has 2 aromatic heterocycles. The Morgan fingerprint density at radius 1 is 1.10 bits per heavy atom. The number of rotatable bonds is 6. The van der Waals surface area contributed by atoms with Gasteiger partial charge in [-0.25, -0.2) is 18.8 Å². The molecule has 0 unspecified atom stereocenters. The van der Waals surface area contributed by atoms with Crippen molar-refractivity contribution >= 4 is 17.6 Å².